The molecule has 0 spiro atoms. The minimum atomic E-state index is -0.877. The van der Waals surface area contributed by atoms with Crippen molar-refractivity contribution in [3.05, 3.63) is 103 Å². The van der Waals surface area contributed by atoms with Gasteiger partial charge in [0.25, 0.3) is 0 Å². The van der Waals surface area contributed by atoms with Gasteiger partial charge in [0, 0.05) is 17.1 Å². The van der Waals surface area contributed by atoms with Crippen molar-refractivity contribution < 1.29 is 9.59 Å². The fraction of sp³-hybridized carbons (Fsp3) is 0.115. The van der Waals surface area contributed by atoms with Crippen LogP contribution < -0.4 is 33.4 Å². The summed E-state index contributed by atoms with van der Waals surface area (Å²) in [6, 6.07) is 14.1. The van der Waals surface area contributed by atoms with Crippen molar-refractivity contribution in [1.82, 2.24) is 13.7 Å². The number of anilines is 3. The third kappa shape index (κ3) is 4.45. The van der Waals surface area contributed by atoms with Crippen LogP contribution in [0.25, 0.3) is 17.1 Å². The zero-order valence-electron chi connectivity index (χ0n) is 20.3. The zero-order valence-corrected chi connectivity index (χ0v) is 20.3. The largest absolute Gasteiger partial charge is 0.399 e. The molecule has 188 valence electrons. The number of hydrogen-bond donors (Lipinski definition) is 3. The Morgan fingerprint density at radius 1 is 0.595 bits per heavy atom. The standard InChI is InChI=1S/C26H24N6O5/c1-15-10-18(27)4-7-21(15)30-24(35)31(22-8-5-19(28-13-33)11-16(22)2)26(37)32(25(30)36)23-9-6-20(29-14-34)12-17(23)3/h4-14H,27H2,1-3H3,(H,28,33)(H,29,34). The Morgan fingerprint density at radius 3 is 1.27 bits per heavy atom. The summed E-state index contributed by atoms with van der Waals surface area (Å²) in [5.74, 6) is 0. The van der Waals surface area contributed by atoms with E-state index in [1.54, 1.807) is 63.2 Å². The highest BCUT2D eigenvalue weighted by Gasteiger charge is 2.22. The van der Waals surface area contributed by atoms with Crippen LogP contribution in [-0.2, 0) is 9.59 Å². The maximum absolute atomic E-state index is 13.8. The van der Waals surface area contributed by atoms with E-state index in [0.717, 1.165) is 13.7 Å². The first-order valence-electron chi connectivity index (χ1n) is 11.2. The summed E-state index contributed by atoms with van der Waals surface area (Å²) in [5, 5.41) is 5.05. The number of hydrogen-bond acceptors (Lipinski definition) is 6. The fourth-order valence-electron chi connectivity index (χ4n) is 4.22. The molecular weight excluding hydrogens is 476 g/mol. The van der Waals surface area contributed by atoms with Gasteiger partial charge in [-0.05, 0) is 92.1 Å². The summed E-state index contributed by atoms with van der Waals surface area (Å²) in [6.07, 6.45) is 1.03. The van der Waals surface area contributed by atoms with Gasteiger partial charge in [0.15, 0.2) is 0 Å². The highest BCUT2D eigenvalue weighted by molar-refractivity contribution is 5.73. The van der Waals surface area contributed by atoms with Crippen molar-refractivity contribution in [2.24, 2.45) is 0 Å². The van der Waals surface area contributed by atoms with Gasteiger partial charge in [-0.15, -0.1) is 0 Å². The summed E-state index contributed by atoms with van der Waals surface area (Å²) < 4.78 is 2.74. The van der Waals surface area contributed by atoms with Gasteiger partial charge in [-0.1, -0.05) is 0 Å². The van der Waals surface area contributed by atoms with Gasteiger partial charge in [-0.2, -0.15) is 0 Å². The SMILES string of the molecule is Cc1cc(N)ccc1-n1c(=O)n(-c2ccc(NC=O)cc2C)c(=O)n(-c2ccc(NC=O)cc2C)c1=O. The maximum atomic E-state index is 13.8. The number of nitrogens with one attached hydrogen (secondary N) is 2. The van der Waals surface area contributed by atoms with E-state index in [9.17, 15) is 24.0 Å². The van der Waals surface area contributed by atoms with Crippen LogP contribution in [0.4, 0.5) is 17.1 Å². The number of rotatable bonds is 7. The topological polar surface area (TPSA) is 150 Å². The van der Waals surface area contributed by atoms with Crippen LogP contribution in [-0.4, -0.2) is 26.5 Å². The normalized spacial score (nSPS) is 10.7. The van der Waals surface area contributed by atoms with Gasteiger partial charge in [-0.3, -0.25) is 9.59 Å². The molecular formula is C26H24N6O5. The predicted octanol–water partition coefficient (Wildman–Crippen LogP) is 1.78. The van der Waals surface area contributed by atoms with Crippen LogP contribution in [0.3, 0.4) is 0 Å². The van der Waals surface area contributed by atoms with Crippen molar-refractivity contribution in [2.75, 3.05) is 16.4 Å². The van der Waals surface area contributed by atoms with Crippen LogP contribution in [0.15, 0.2) is 69.0 Å². The Bertz CT molecular complexity index is 1630. The lowest BCUT2D eigenvalue weighted by Crippen LogP contribution is -2.53. The van der Waals surface area contributed by atoms with Gasteiger partial charge in [0.2, 0.25) is 12.8 Å². The molecule has 0 aliphatic carbocycles. The Labute approximate surface area is 210 Å². The van der Waals surface area contributed by atoms with Gasteiger partial charge in [0.1, 0.15) is 0 Å². The molecule has 3 aromatic carbocycles. The van der Waals surface area contributed by atoms with E-state index < -0.39 is 17.1 Å². The van der Waals surface area contributed by atoms with Crippen molar-refractivity contribution in [2.45, 2.75) is 20.8 Å². The quantitative estimate of drug-likeness (QED) is 0.260. The van der Waals surface area contributed by atoms with Crippen LogP contribution in [0.5, 0.6) is 0 Å². The lowest BCUT2D eigenvalue weighted by molar-refractivity contribution is -0.106. The first-order valence-corrected chi connectivity index (χ1v) is 11.2. The highest BCUT2D eigenvalue weighted by Crippen LogP contribution is 2.20. The molecule has 0 bridgehead atoms. The molecule has 4 N–H and O–H groups in total. The summed E-state index contributed by atoms with van der Waals surface area (Å²) in [7, 11) is 0. The number of nitrogens with two attached hydrogens (primary N) is 1. The molecule has 0 unspecified atom stereocenters. The number of aromatic nitrogens is 3. The number of benzene rings is 3. The summed E-state index contributed by atoms with van der Waals surface area (Å²) >= 11 is 0. The molecule has 11 heteroatoms. The monoisotopic (exact) mass is 500 g/mol. The molecule has 0 radical (unpaired) electrons. The van der Waals surface area contributed by atoms with E-state index in [0.29, 0.717) is 46.6 Å². The molecule has 4 aromatic rings. The number of nitrogens with zero attached hydrogens (tertiary/aromatic N) is 3. The average molecular weight is 501 g/mol. The number of nitrogen functional groups attached to an aromatic ring is 1. The minimum absolute atomic E-state index is 0.235. The molecule has 1 aromatic heterocycles. The second-order valence-corrected chi connectivity index (χ2v) is 8.43. The molecule has 4 rings (SSSR count). The molecule has 0 saturated carbocycles. The van der Waals surface area contributed by atoms with Crippen LogP contribution in [0.2, 0.25) is 0 Å². The minimum Gasteiger partial charge on any atom is -0.399 e. The Balaban J connectivity index is 2.13. The van der Waals surface area contributed by atoms with Crippen molar-refractivity contribution in [3.8, 4) is 17.1 Å². The van der Waals surface area contributed by atoms with E-state index in [1.165, 1.54) is 12.1 Å². The average Bonchev–Trinajstić information content (AvgIpc) is 2.83. The van der Waals surface area contributed by atoms with E-state index in [4.69, 9.17) is 5.73 Å². The van der Waals surface area contributed by atoms with Crippen LogP contribution in [0.1, 0.15) is 16.7 Å². The second kappa shape index (κ2) is 9.82. The van der Waals surface area contributed by atoms with E-state index >= 15 is 0 Å². The summed E-state index contributed by atoms with van der Waals surface area (Å²) in [6.45, 7) is 5.06. The van der Waals surface area contributed by atoms with E-state index in [-0.39, 0.29) is 17.1 Å². The molecule has 37 heavy (non-hydrogen) atoms. The van der Waals surface area contributed by atoms with Crippen LogP contribution in [0, 0.1) is 20.8 Å². The third-order valence-electron chi connectivity index (χ3n) is 5.94. The molecule has 0 fully saturated rings. The molecule has 1 heterocycles. The Hall–Kier alpha value is -5.19. The Kier molecular flexibility index (Phi) is 6.61. The van der Waals surface area contributed by atoms with Crippen molar-refractivity contribution in [1.29, 1.82) is 0 Å². The van der Waals surface area contributed by atoms with Crippen molar-refractivity contribution >= 4 is 29.9 Å². The lowest BCUT2D eigenvalue weighted by Gasteiger charge is -2.18. The van der Waals surface area contributed by atoms with Crippen molar-refractivity contribution in [3.63, 3.8) is 0 Å². The van der Waals surface area contributed by atoms with E-state index in [1.807, 2.05) is 0 Å². The predicted molar refractivity (Wildman–Crippen MR) is 141 cm³/mol. The van der Waals surface area contributed by atoms with Crippen LogP contribution >= 0.6 is 0 Å². The number of carbonyl (C=O) groups is 2. The maximum Gasteiger partial charge on any atom is 0.345 e. The molecule has 0 aliphatic heterocycles. The third-order valence-corrected chi connectivity index (χ3v) is 5.94. The fourth-order valence-corrected chi connectivity index (χ4v) is 4.22. The first kappa shape index (κ1) is 24.9. The molecule has 0 atom stereocenters. The molecule has 0 saturated heterocycles. The second-order valence-electron chi connectivity index (χ2n) is 8.43. The van der Waals surface area contributed by atoms with Gasteiger partial charge >= 0.3 is 17.1 Å². The number of aryl methyl sites for hydroxylation is 3. The van der Waals surface area contributed by atoms with E-state index in [2.05, 4.69) is 10.6 Å². The lowest BCUT2D eigenvalue weighted by atomic mass is 10.1. The Morgan fingerprint density at radius 2 is 0.946 bits per heavy atom. The van der Waals surface area contributed by atoms with Gasteiger partial charge < -0.3 is 16.4 Å². The smallest absolute Gasteiger partial charge is 0.345 e. The van der Waals surface area contributed by atoms with Gasteiger partial charge in [0.05, 0.1) is 17.1 Å². The first-order chi connectivity index (χ1) is 17.7. The summed E-state index contributed by atoms with van der Waals surface area (Å²) in [5.41, 5.74) is 6.98. The molecule has 2 amide bonds. The number of carbonyl (C=O) groups excluding carboxylic acids is 2. The van der Waals surface area contributed by atoms with Gasteiger partial charge in [-0.25, -0.2) is 28.1 Å². The number of amides is 2. The summed E-state index contributed by atoms with van der Waals surface area (Å²) in [4.78, 5) is 63.1. The molecule has 11 nitrogen and oxygen atoms in total. The highest BCUT2D eigenvalue weighted by atomic mass is 16.2. The molecule has 0 aliphatic rings. The zero-order chi connectivity index (χ0) is 26.9.